The second-order valence-electron chi connectivity index (χ2n) is 3.93. The molecule has 2 N–H and O–H groups in total. The molecule has 0 saturated heterocycles. The molecule has 60 valence electrons. The number of aliphatic hydroxyl groups excluding tert-OH is 1. The molecule has 1 fully saturated rings. The van der Waals surface area contributed by atoms with Gasteiger partial charge in [0.15, 0.2) is 0 Å². The van der Waals surface area contributed by atoms with Gasteiger partial charge in [0.25, 0.3) is 0 Å². The molecule has 10 heavy (non-hydrogen) atoms. The quantitative estimate of drug-likeness (QED) is 0.574. The van der Waals surface area contributed by atoms with Gasteiger partial charge in [-0.15, -0.1) is 0 Å². The first-order valence-electron chi connectivity index (χ1n) is 3.85. The molecule has 1 rings (SSSR count). The number of rotatable bonds is 1. The van der Waals surface area contributed by atoms with E-state index >= 15 is 0 Å². The van der Waals surface area contributed by atoms with Crippen molar-refractivity contribution in [3.8, 4) is 0 Å². The topological polar surface area (TPSA) is 40.5 Å². The van der Waals surface area contributed by atoms with Crippen LogP contribution < -0.4 is 0 Å². The van der Waals surface area contributed by atoms with Crippen LogP contribution in [0.1, 0.15) is 33.1 Å². The largest absolute Gasteiger partial charge is 0.393 e. The minimum atomic E-state index is -0.812. The van der Waals surface area contributed by atoms with E-state index in [1.165, 1.54) is 0 Å². The van der Waals surface area contributed by atoms with Gasteiger partial charge < -0.3 is 10.2 Å². The summed E-state index contributed by atoms with van der Waals surface area (Å²) < 4.78 is 0. The molecule has 1 saturated carbocycles. The Morgan fingerprint density at radius 2 is 1.90 bits per heavy atom. The van der Waals surface area contributed by atoms with Crippen molar-refractivity contribution in [2.45, 2.75) is 38.7 Å². The SMILES string of the molecule is CC1(C)CCCC1(O)CO. The van der Waals surface area contributed by atoms with Gasteiger partial charge in [-0.1, -0.05) is 13.8 Å². The Hall–Kier alpha value is -0.0800. The van der Waals surface area contributed by atoms with Crippen molar-refractivity contribution in [1.82, 2.24) is 0 Å². The second-order valence-corrected chi connectivity index (χ2v) is 3.93. The van der Waals surface area contributed by atoms with Crippen molar-refractivity contribution >= 4 is 0 Å². The lowest BCUT2D eigenvalue weighted by molar-refractivity contribution is -0.0810. The van der Waals surface area contributed by atoms with Crippen molar-refractivity contribution in [2.24, 2.45) is 5.41 Å². The van der Waals surface area contributed by atoms with Gasteiger partial charge in [-0.05, 0) is 24.7 Å². The highest BCUT2D eigenvalue weighted by Gasteiger charge is 2.46. The molecular formula is C8H16O2. The average Bonchev–Trinajstić information content (AvgIpc) is 2.10. The van der Waals surface area contributed by atoms with Crippen LogP contribution in [0.15, 0.2) is 0 Å². The molecule has 1 atom stereocenters. The summed E-state index contributed by atoms with van der Waals surface area (Å²) in [6.45, 7) is 3.92. The molecule has 1 aliphatic carbocycles. The third-order valence-corrected chi connectivity index (χ3v) is 2.91. The van der Waals surface area contributed by atoms with Crippen LogP contribution in [-0.4, -0.2) is 22.4 Å². The molecule has 2 heteroatoms. The second kappa shape index (κ2) is 2.21. The zero-order valence-electron chi connectivity index (χ0n) is 6.72. The minimum Gasteiger partial charge on any atom is -0.393 e. The van der Waals surface area contributed by atoms with Crippen molar-refractivity contribution in [3.63, 3.8) is 0 Å². The van der Waals surface area contributed by atoms with Crippen LogP contribution >= 0.6 is 0 Å². The van der Waals surface area contributed by atoms with E-state index in [1.807, 2.05) is 13.8 Å². The summed E-state index contributed by atoms with van der Waals surface area (Å²) in [4.78, 5) is 0. The highest BCUT2D eigenvalue weighted by Crippen LogP contribution is 2.45. The van der Waals surface area contributed by atoms with Crippen LogP contribution in [-0.2, 0) is 0 Å². The lowest BCUT2D eigenvalue weighted by Gasteiger charge is -2.34. The van der Waals surface area contributed by atoms with Crippen LogP contribution in [0.5, 0.6) is 0 Å². The summed E-state index contributed by atoms with van der Waals surface area (Å²) in [5.41, 5.74) is -0.908. The standard InChI is InChI=1S/C8H16O2/c1-7(2)4-3-5-8(7,10)6-9/h9-10H,3-6H2,1-2H3. The molecule has 0 amide bonds. The Morgan fingerprint density at radius 1 is 1.30 bits per heavy atom. The number of hydrogen-bond donors (Lipinski definition) is 2. The zero-order valence-corrected chi connectivity index (χ0v) is 6.72. The molecule has 0 aliphatic heterocycles. The van der Waals surface area contributed by atoms with Gasteiger partial charge >= 0.3 is 0 Å². The van der Waals surface area contributed by atoms with Crippen LogP contribution in [0.2, 0.25) is 0 Å². The molecule has 0 spiro atoms. The van der Waals surface area contributed by atoms with Gasteiger partial charge in [0, 0.05) is 0 Å². The summed E-state index contributed by atoms with van der Waals surface area (Å²) in [7, 11) is 0. The van der Waals surface area contributed by atoms with E-state index in [-0.39, 0.29) is 12.0 Å². The van der Waals surface area contributed by atoms with E-state index in [2.05, 4.69) is 0 Å². The molecule has 0 bridgehead atoms. The number of aliphatic hydroxyl groups is 2. The van der Waals surface area contributed by atoms with Crippen LogP contribution in [0, 0.1) is 5.41 Å². The Balaban J connectivity index is 2.76. The third kappa shape index (κ3) is 0.956. The zero-order chi connectivity index (χ0) is 7.83. The molecule has 2 nitrogen and oxygen atoms in total. The van der Waals surface area contributed by atoms with Gasteiger partial charge in [-0.25, -0.2) is 0 Å². The normalized spacial score (nSPS) is 38.4. The fourth-order valence-electron chi connectivity index (χ4n) is 1.69. The lowest BCUT2D eigenvalue weighted by Crippen LogP contribution is -2.43. The van der Waals surface area contributed by atoms with Crippen molar-refractivity contribution in [2.75, 3.05) is 6.61 Å². The predicted molar refractivity (Wildman–Crippen MR) is 39.7 cm³/mol. The molecule has 0 aromatic rings. The number of hydrogen-bond acceptors (Lipinski definition) is 2. The first kappa shape index (κ1) is 8.02. The van der Waals surface area contributed by atoms with E-state index in [9.17, 15) is 5.11 Å². The van der Waals surface area contributed by atoms with Gasteiger partial charge in [-0.3, -0.25) is 0 Å². The van der Waals surface area contributed by atoms with E-state index in [0.717, 1.165) is 19.3 Å². The maximum Gasteiger partial charge on any atom is 0.0927 e. The van der Waals surface area contributed by atoms with E-state index in [4.69, 9.17) is 5.11 Å². The summed E-state index contributed by atoms with van der Waals surface area (Å²) in [6, 6.07) is 0. The predicted octanol–water partition coefficient (Wildman–Crippen LogP) is 0.920. The fourth-order valence-corrected chi connectivity index (χ4v) is 1.69. The molecule has 0 aromatic carbocycles. The Labute approximate surface area is 61.9 Å². The van der Waals surface area contributed by atoms with E-state index in [1.54, 1.807) is 0 Å². The summed E-state index contributed by atoms with van der Waals surface area (Å²) in [5, 5.41) is 18.7. The summed E-state index contributed by atoms with van der Waals surface area (Å²) in [6.07, 6.45) is 2.80. The van der Waals surface area contributed by atoms with Gasteiger partial charge in [0.1, 0.15) is 0 Å². The van der Waals surface area contributed by atoms with Gasteiger partial charge in [-0.2, -0.15) is 0 Å². The molecule has 0 radical (unpaired) electrons. The van der Waals surface area contributed by atoms with Crippen LogP contribution in [0.3, 0.4) is 0 Å². The average molecular weight is 144 g/mol. The summed E-state index contributed by atoms with van der Waals surface area (Å²) in [5.74, 6) is 0. The molecule has 0 heterocycles. The maximum absolute atomic E-state index is 9.78. The maximum atomic E-state index is 9.78. The monoisotopic (exact) mass is 144 g/mol. The summed E-state index contributed by atoms with van der Waals surface area (Å²) >= 11 is 0. The van der Waals surface area contributed by atoms with Crippen LogP contribution in [0.4, 0.5) is 0 Å². The highest BCUT2D eigenvalue weighted by atomic mass is 16.3. The van der Waals surface area contributed by atoms with Crippen molar-refractivity contribution in [1.29, 1.82) is 0 Å². The van der Waals surface area contributed by atoms with Crippen molar-refractivity contribution < 1.29 is 10.2 Å². The lowest BCUT2D eigenvalue weighted by atomic mass is 9.78. The van der Waals surface area contributed by atoms with Crippen LogP contribution in [0.25, 0.3) is 0 Å². The molecular weight excluding hydrogens is 128 g/mol. The first-order valence-corrected chi connectivity index (χ1v) is 3.85. The minimum absolute atomic E-state index is 0.0955. The smallest absolute Gasteiger partial charge is 0.0927 e. The Kier molecular flexibility index (Phi) is 1.77. The Morgan fingerprint density at radius 3 is 2.10 bits per heavy atom. The Bertz CT molecular complexity index is 131. The fraction of sp³-hybridized carbons (Fsp3) is 1.00. The first-order chi connectivity index (χ1) is 4.52. The molecule has 0 aromatic heterocycles. The van der Waals surface area contributed by atoms with Crippen molar-refractivity contribution in [3.05, 3.63) is 0 Å². The van der Waals surface area contributed by atoms with E-state index in [0.29, 0.717) is 0 Å². The molecule has 1 aliphatic rings. The van der Waals surface area contributed by atoms with Gasteiger partial charge in [0.2, 0.25) is 0 Å². The van der Waals surface area contributed by atoms with E-state index < -0.39 is 5.60 Å². The van der Waals surface area contributed by atoms with Gasteiger partial charge in [0.05, 0.1) is 12.2 Å². The third-order valence-electron chi connectivity index (χ3n) is 2.91. The molecule has 1 unspecified atom stereocenters. The highest BCUT2D eigenvalue weighted by molar-refractivity contribution is 4.98.